The molecule has 0 spiro atoms. The van der Waals surface area contributed by atoms with Crippen LogP contribution >= 0.6 is 0 Å². The molecule has 1 N–H and O–H groups in total. The number of hydrogen-bond acceptors (Lipinski definition) is 8. The van der Waals surface area contributed by atoms with Gasteiger partial charge in [-0.15, -0.1) is 0 Å². The van der Waals surface area contributed by atoms with E-state index in [1.165, 1.54) is 18.2 Å². The standard InChI is InChI=1S/C24H24F6N2O2.C20H18F6N2O2/c1-14(2)13-33-21-9-15(23(25,26)27)3-7-20(21)34-19-10-17-5-6-18(11-19)32(17)22-8-4-16(12-31-22)24(28,29)30;21-19(22,23)11-1-5-17(16(29)7-11)30-15-8-13-3-4-14(9-15)28(13)18-6-2-12(10-27-18)20(24,25)26/h3-4,7-9,12,17-19H,1,5-6,10-11,13H2,2H3;1-2,5-7,10,13-15,29H,3-4,8-9H2/t17-,18+,19?;13-,14+,15?. The smallest absolute Gasteiger partial charge is 0.417 e. The molecule has 64 heavy (non-hydrogen) atoms. The lowest BCUT2D eigenvalue weighted by atomic mass is 9.99. The van der Waals surface area contributed by atoms with Gasteiger partial charge < -0.3 is 29.1 Å². The Bertz CT molecular complexity index is 2240. The quantitative estimate of drug-likeness (QED) is 0.131. The monoisotopic (exact) mass is 918 g/mol. The number of phenolic OH excluding ortho intramolecular Hbond substituents is 1. The molecule has 6 heterocycles. The number of benzene rings is 2. The molecule has 8 nitrogen and oxygen atoms in total. The highest BCUT2D eigenvalue weighted by molar-refractivity contribution is 5.48. The summed E-state index contributed by atoms with van der Waals surface area (Å²) < 4.78 is 172. The van der Waals surface area contributed by atoms with Gasteiger partial charge in [-0.3, -0.25) is 0 Å². The minimum atomic E-state index is -4.56. The van der Waals surface area contributed by atoms with Gasteiger partial charge in [0.25, 0.3) is 0 Å². The van der Waals surface area contributed by atoms with Crippen LogP contribution in [0.3, 0.4) is 0 Å². The molecule has 2 unspecified atom stereocenters. The van der Waals surface area contributed by atoms with Gasteiger partial charge in [0, 0.05) is 62.2 Å². The first-order valence-electron chi connectivity index (χ1n) is 20.3. The van der Waals surface area contributed by atoms with Crippen molar-refractivity contribution in [3.63, 3.8) is 0 Å². The van der Waals surface area contributed by atoms with Crippen LogP contribution in [-0.4, -0.2) is 58.1 Å². The Morgan fingerprint density at radius 1 is 0.562 bits per heavy atom. The lowest BCUT2D eigenvalue weighted by Crippen LogP contribution is -2.46. The lowest BCUT2D eigenvalue weighted by Gasteiger charge is -2.39. The highest BCUT2D eigenvalue weighted by Crippen LogP contribution is 2.45. The average molecular weight is 919 g/mol. The van der Waals surface area contributed by atoms with Crippen molar-refractivity contribution in [3.8, 4) is 23.0 Å². The molecule has 346 valence electrons. The predicted octanol–water partition coefficient (Wildman–Crippen LogP) is 12.1. The van der Waals surface area contributed by atoms with E-state index in [-0.39, 0.29) is 60.2 Å². The number of phenols is 1. The van der Waals surface area contributed by atoms with E-state index in [2.05, 4.69) is 16.5 Å². The van der Waals surface area contributed by atoms with Crippen molar-refractivity contribution in [1.29, 1.82) is 0 Å². The van der Waals surface area contributed by atoms with E-state index in [4.69, 9.17) is 14.2 Å². The molecule has 6 atom stereocenters. The number of piperidine rings is 2. The summed E-state index contributed by atoms with van der Waals surface area (Å²) in [6.45, 7) is 5.47. The molecule has 4 saturated heterocycles. The molecule has 4 aromatic rings. The Labute approximate surface area is 359 Å². The van der Waals surface area contributed by atoms with E-state index in [9.17, 15) is 57.8 Å². The number of nitrogens with zero attached hydrogens (tertiary/aromatic N) is 4. The van der Waals surface area contributed by atoms with Crippen LogP contribution in [-0.2, 0) is 24.7 Å². The molecule has 4 fully saturated rings. The number of alkyl halides is 12. The fourth-order valence-electron chi connectivity index (χ4n) is 8.86. The van der Waals surface area contributed by atoms with E-state index in [1.54, 1.807) is 6.92 Å². The lowest BCUT2D eigenvalue weighted by molar-refractivity contribution is -0.138. The number of halogens is 12. The third-order valence-corrected chi connectivity index (χ3v) is 11.7. The largest absolute Gasteiger partial charge is 0.504 e. The van der Waals surface area contributed by atoms with Crippen molar-refractivity contribution in [2.75, 3.05) is 16.4 Å². The van der Waals surface area contributed by atoms with Gasteiger partial charge in [-0.1, -0.05) is 6.58 Å². The van der Waals surface area contributed by atoms with Crippen molar-refractivity contribution in [2.24, 2.45) is 0 Å². The summed E-state index contributed by atoms with van der Waals surface area (Å²) in [5, 5.41) is 9.92. The minimum Gasteiger partial charge on any atom is -0.504 e. The molecule has 0 saturated carbocycles. The van der Waals surface area contributed by atoms with Crippen LogP contribution in [0.15, 0.2) is 85.2 Å². The minimum absolute atomic E-state index is 0.00277. The number of pyridine rings is 2. The predicted molar refractivity (Wildman–Crippen MR) is 209 cm³/mol. The summed E-state index contributed by atoms with van der Waals surface area (Å²) in [7, 11) is 0. The average Bonchev–Trinajstić information content (AvgIpc) is 3.64. The maximum atomic E-state index is 13.2. The zero-order valence-electron chi connectivity index (χ0n) is 34.0. The summed E-state index contributed by atoms with van der Waals surface area (Å²) in [5.74, 6) is 0.569. The summed E-state index contributed by atoms with van der Waals surface area (Å²) in [6, 6.07) is 10.5. The third-order valence-electron chi connectivity index (χ3n) is 11.7. The second kappa shape index (κ2) is 17.8. The van der Waals surface area contributed by atoms with Crippen LogP contribution in [0.5, 0.6) is 23.0 Å². The van der Waals surface area contributed by atoms with Gasteiger partial charge in [0.15, 0.2) is 23.0 Å². The zero-order chi connectivity index (χ0) is 46.4. The second-order valence-electron chi connectivity index (χ2n) is 16.4. The number of aromatic hydroxyl groups is 1. The van der Waals surface area contributed by atoms with Crippen molar-refractivity contribution < 1.29 is 72.0 Å². The molecule has 0 radical (unpaired) electrons. The van der Waals surface area contributed by atoms with Crippen LogP contribution in [0.25, 0.3) is 0 Å². The van der Waals surface area contributed by atoms with E-state index < -0.39 is 52.7 Å². The fraction of sp³-hybridized carbons (Fsp3) is 0.455. The van der Waals surface area contributed by atoms with Gasteiger partial charge in [0.2, 0.25) is 0 Å². The Hall–Kier alpha value is -5.56. The van der Waals surface area contributed by atoms with Gasteiger partial charge >= 0.3 is 24.7 Å². The molecule has 2 aromatic carbocycles. The third kappa shape index (κ3) is 10.7. The second-order valence-corrected chi connectivity index (χ2v) is 16.4. The van der Waals surface area contributed by atoms with Gasteiger partial charge in [-0.25, -0.2) is 9.97 Å². The van der Waals surface area contributed by atoms with Gasteiger partial charge in [0.05, 0.1) is 22.3 Å². The molecule has 2 aromatic heterocycles. The Morgan fingerprint density at radius 2 is 0.938 bits per heavy atom. The molecular weight excluding hydrogens is 876 g/mol. The van der Waals surface area contributed by atoms with Crippen LogP contribution in [0.1, 0.15) is 80.5 Å². The summed E-state index contributed by atoms with van der Waals surface area (Å²) in [6.07, 6.45) is -11.4. The maximum absolute atomic E-state index is 13.2. The van der Waals surface area contributed by atoms with Gasteiger partial charge in [-0.2, -0.15) is 52.7 Å². The number of rotatable bonds is 9. The van der Waals surface area contributed by atoms with Crippen LogP contribution in [0, 0.1) is 0 Å². The Kier molecular flexibility index (Phi) is 12.9. The molecule has 4 aliphatic rings. The van der Waals surface area contributed by atoms with Crippen LogP contribution < -0.4 is 24.0 Å². The highest BCUT2D eigenvalue weighted by atomic mass is 19.4. The number of fused-ring (bicyclic) bond motifs is 4. The Balaban J connectivity index is 0.000000193. The van der Waals surface area contributed by atoms with E-state index in [0.717, 1.165) is 74.5 Å². The van der Waals surface area contributed by atoms with Crippen LogP contribution in [0.2, 0.25) is 0 Å². The van der Waals surface area contributed by atoms with Gasteiger partial charge in [0.1, 0.15) is 30.5 Å². The molecule has 4 bridgehead atoms. The van der Waals surface area contributed by atoms with Gasteiger partial charge in [-0.05, 0) is 98.8 Å². The van der Waals surface area contributed by atoms with Crippen molar-refractivity contribution >= 4 is 11.6 Å². The molecule has 8 rings (SSSR count). The molecule has 4 aliphatic heterocycles. The Morgan fingerprint density at radius 3 is 1.30 bits per heavy atom. The van der Waals surface area contributed by atoms with Crippen molar-refractivity contribution in [3.05, 3.63) is 107 Å². The summed E-state index contributed by atoms with van der Waals surface area (Å²) in [4.78, 5) is 12.0. The molecule has 0 amide bonds. The molecular formula is C44H42F12N4O4. The zero-order valence-corrected chi connectivity index (χ0v) is 34.0. The molecule has 0 aliphatic carbocycles. The fourth-order valence-corrected chi connectivity index (χ4v) is 8.86. The SMILES string of the molecule is C=C(C)COc1cc(C(F)(F)F)ccc1OC1C[C@H]2CC[C@@H](C1)N2c1ccc(C(F)(F)F)cn1.Oc1cc(C(F)(F)F)ccc1OC1C[C@H]2CC[C@@H](C1)N2c1ccc(C(F)(F)F)cn1. The summed E-state index contributed by atoms with van der Waals surface area (Å²) in [5.41, 5.74) is -2.75. The van der Waals surface area contributed by atoms with Crippen molar-refractivity contribution in [2.45, 2.75) is 119 Å². The van der Waals surface area contributed by atoms with Crippen molar-refractivity contribution in [1.82, 2.24) is 9.97 Å². The molecule has 20 heteroatoms. The van der Waals surface area contributed by atoms with Crippen LogP contribution in [0.4, 0.5) is 64.3 Å². The first-order valence-corrected chi connectivity index (χ1v) is 20.3. The number of hydrogen-bond donors (Lipinski definition) is 1. The first kappa shape index (κ1) is 46.4. The number of ether oxygens (including phenoxy) is 3. The topological polar surface area (TPSA) is 80.2 Å². The van der Waals surface area contributed by atoms with E-state index in [0.29, 0.717) is 49.0 Å². The first-order chi connectivity index (χ1) is 29.9. The highest BCUT2D eigenvalue weighted by Gasteiger charge is 2.45. The number of anilines is 2. The number of aromatic nitrogens is 2. The summed E-state index contributed by atoms with van der Waals surface area (Å²) >= 11 is 0. The van der Waals surface area contributed by atoms with E-state index >= 15 is 0 Å². The van der Waals surface area contributed by atoms with E-state index in [1.807, 2.05) is 9.80 Å². The normalized spacial score (nSPS) is 23.3. The maximum Gasteiger partial charge on any atom is 0.417 e.